The minimum atomic E-state index is -2.54. The van der Waals surface area contributed by atoms with E-state index in [1.165, 1.54) is 10.9 Å². The van der Waals surface area contributed by atoms with Gasteiger partial charge in [-0.2, -0.15) is 10.2 Å². The van der Waals surface area contributed by atoms with Crippen LogP contribution in [0.25, 0.3) is 16.6 Å². The highest BCUT2D eigenvalue weighted by atomic mass is 19.3. The van der Waals surface area contributed by atoms with Crippen LogP contribution >= 0.6 is 0 Å². The van der Waals surface area contributed by atoms with Crippen molar-refractivity contribution in [3.05, 3.63) is 72.1 Å². The normalized spacial score (nSPS) is 11.3. The van der Waals surface area contributed by atoms with Crippen LogP contribution in [-0.2, 0) is 6.54 Å². The Bertz CT molecular complexity index is 1150. The zero-order valence-corrected chi connectivity index (χ0v) is 15.0. The Morgan fingerprint density at radius 3 is 2.68 bits per heavy atom. The van der Waals surface area contributed by atoms with Gasteiger partial charge in [0.2, 0.25) is 0 Å². The SMILES string of the molecule is Cc1ccccc1-n1cc(C(=O)Nc2nn(CC(F)F)c3ccccc23)cn1. The fourth-order valence-corrected chi connectivity index (χ4v) is 3.06. The lowest BCUT2D eigenvalue weighted by molar-refractivity contribution is 0.102. The molecule has 1 amide bonds. The first-order valence-electron chi connectivity index (χ1n) is 8.68. The number of fused-ring (bicyclic) bond motifs is 1. The monoisotopic (exact) mass is 381 g/mol. The number of aromatic nitrogens is 4. The van der Waals surface area contributed by atoms with Crippen molar-refractivity contribution in [1.82, 2.24) is 19.6 Å². The third kappa shape index (κ3) is 3.36. The molecule has 0 unspecified atom stereocenters. The summed E-state index contributed by atoms with van der Waals surface area (Å²) in [7, 11) is 0. The van der Waals surface area contributed by atoms with E-state index in [0.717, 1.165) is 11.3 Å². The second-order valence-electron chi connectivity index (χ2n) is 6.35. The second-order valence-corrected chi connectivity index (χ2v) is 6.35. The summed E-state index contributed by atoms with van der Waals surface area (Å²) in [5.41, 5.74) is 2.77. The first kappa shape index (κ1) is 17.8. The average Bonchev–Trinajstić information content (AvgIpc) is 3.28. The van der Waals surface area contributed by atoms with E-state index in [1.54, 1.807) is 35.1 Å². The molecule has 6 nitrogen and oxygen atoms in total. The zero-order valence-electron chi connectivity index (χ0n) is 15.0. The Hall–Kier alpha value is -3.55. The molecule has 4 rings (SSSR count). The van der Waals surface area contributed by atoms with Gasteiger partial charge in [0.1, 0.15) is 6.54 Å². The molecule has 142 valence electrons. The highest BCUT2D eigenvalue weighted by Gasteiger charge is 2.17. The number of nitrogens with one attached hydrogen (secondary N) is 1. The van der Waals surface area contributed by atoms with Crippen LogP contribution in [0.3, 0.4) is 0 Å². The third-order valence-electron chi connectivity index (χ3n) is 4.41. The van der Waals surface area contributed by atoms with Crippen molar-refractivity contribution in [3.8, 4) is 5.69 Å². The molecule has 2 aromatic heterocycles. The molecular formula is C20H17F2N5O. The maximum absolute atomic E-state index is 12.8. The first-order valence-corrected chi connectivity index (χ1v) is 8.68. The van der Waals surface area contributed by atoms with Crippen LogP contribution in [0, 0.1) is 6.92 Å². The molecule has 0 bridgehead atoms. The van der Waals surface area contributed by atoms with Crippen molar-refractivity contribution in [3.63, 3.8) is 0 Å². The van der Waals surface area contributed by atoms with E-state index in [1.807, 2.05) is 31.2 Å². The van der Waals surface area contributed by atoms with Gasteiger partial charge in [-0.1, -0.05) is 30.3 Å². The number of hydrogen-bond donors (Lipinski definition) is 1. The van der Waals surface area contributed by atoms with Gasteiger partial charge in [0.15, 0.2) is 5.82 Å². The van der Waals surface area contributed by atoms with Crippen molar-refractivity contribution in [2.75, 3.05) is 5.32 Å². The van der Waals surface area contributed by atoms with E-state index in [2.05, 4.69) is 15.5 Å². The zero-order chi connectivity index (χ0) is 19.7. The van der Waals surface area contributed by atoms with Gasteiger partial charge >= 0.3 is 0 Å². The van der Waals surface area contributed by atoms with Gasteiger partial charge in [-0.3, -0.25) is 9.48 Å². The molecule has 0 aliphatic rings. The van der Waals surface area contributed by atoms with E-state index >= 15 is 0 Å². The van der Waals surface area contributed by atoms with Crippen LogP contribution in [-0.4, -0.2) is 31.9 Å². The maximum Gasteiger partial charge on any atom is 0.260 e. The summed E-state index contributed by atoms with van der Waals surface area (Å²) in [6.07, 6.45) is 0.537. The summed E-state index contributed by atoms with van der Waals surface area (Å²) in [5.74, 6) is -0.169. The molecule has 0 saturated heterocycles. The van der Waals surface area contributed by atoms with E-state index in [-0.39, 0.29) is 5.82 Å². The molecule has 0 aliphatic heterocycles. The van der Waals surface area contributed by atoms with Gasteiger partial charge in [0.25, 0.3) is 12.3 Å². The lowest BCUT2D eigenvalue weighted by Crippen LogP contribution is -2.13. The summed E-state index contributed by atoms with van der Waals surface area (Å²) in [6, 6.07) is 14.6. The molecule has 2 heterocycles. The quantitative estimate of drug-likeness (QED) is 0.567. The van der Waals surface area contributed by atoms with Crippen LogP contribution in [0.1, 0.15) is 15.9 Å². The number of nitrogens with zero attached hydrogens (tertiary/aromatic N) is 4. The van der Waals surface area contributed by atoms with Gasteiger partial charge in [-0.05, 0) is 30.7 Å². The number of hydrogen-bond acceptors (Lipinski definition) is 3. The summed E-state index contributed by atoms with van der Waals surface area (Å²) in [4.78, 5) is 12.7. The average molecular weight is 381 g/mol. The van der Waals surface area contributed by atoms with Crippen LogP contribution in [0.2, 0.25) is 0 Å². The molecule has 8 heteroatoms. The van der Waals surface area contributed by atoms with E-state index in [9.17, 15) is 13.6 Å². The lowest BCUT2D eigenvalue weighted by atomic mass is 10.2. The van der Waals surface area contributed by atoms with E-state index < -0.39 is 18.9 Å². The van der Waals surface area contributed by atoms with Crippen molar-refractivity contribution >= 4 is 22.6 Å². The van der Waals surface area contributed by atoms with E-state index in [4.69, 9.17) is 0 Å². The minimum absolute atomic E-state index is 0.241. The number of anilines is 1. The number of halogens is 2. The van der Waals surface area contributed by atoms with Crippen molar-refractivity contribution < 1.29 is 13.6 Å². The Labute approximate surface area is 159 Å². The van der Waals surface area contributed by atoms with Gasteiger partial charge in [0, 0.05) is 11.6 Å². The largest absolute Gasteiger partial charge is 0.304 e. The molecule has 1 N–H and O–H groups in total. The molecule has 2 aromatic carbocycles. The third-order valence-corrected chi connectivity index (χ3v) is 4.41. The minimum Gasteiger partial charge on any atom is -0.304 e. The number of benzene rings is 2. The van der Waals surface area contributed by atoms with Gasteiger partial charge in [-0.25, -0.2) is 13.5 Å². The van der Waals surface area contributed by atoms with Crippen LogP contribution in [0.5, 0.6) is 0 Å². The highest BCUT2D eigenvalue weighted by molar-refractivity contribution is 6.07. The molecule has 4 aromatic rings. The smallest absolute Gasteiger partial charge is 0.260 e. The number of aryl methyl sites for hydroxylation is 1. The molecule has 0 spiro atoms. The fraction of sp³-hybridized carbons (Fsp3) is 0.150. The number of alkyl halides is 2. The Kier molecular flexibility index (Phi) is 4.60. The summed E-state index contributed by atoms with van der Waals surface area (Å²) < 4.78 is 28.5. The second kappa shape index (κ2) is 7.22. The van der Waals surface area contributed by atoms with Crippen molar-refractivity contribution in [2.24, 2.45) is 0 Å². The topological polar surface area (TPSA) is 64.7 Å². The number of rotatable bonds is 5. The molecule has 0 fully saturated rings. The van der Waals surface area contributed by atoms with E-state index in [0.29, 0.717) is 16.5 Å². The summed E-state index contributed by atoms with van der Waals surface area (Å²) in [6.45, 7) is 1.42. The first-order chi connectivity index (χ1) is 13.5. The molecular weight excluding hydrogens is 364 g/mol. The van der Waals surface area contributed by atoms with Crippen LogP contribution in [0.15, 0.2) is 60.9 Å². The van der Waals surface area contributed by atoms with Crippen LogP contribution in [0.4, 0.5) is 14.6 Å². The Morgan fingerprint density at radius 1 is 1.14 bits per heavy atom. The fourth-order valence-electron chi connectivity index (χ4n) is 3.06. The maximum atomic E-state index is 12.8. The number of para-hydroxylation sites is 2. The van der Waals surface area contributed by atoms with Crippen LogP contribution < -0.4 is 5.32 Å². The predicted molar refractivity (Wildman–Crippen MR) is 102 cm³/mol. The molecule has 0 radical (unpaired) electrons. The molecule has 0 aliphatic carbocycles. The Balaban J connectivity index is 1.62. The number of carbonyl (C=O) groups is 1. The molecule has 28 heavy (non-hydrogen) atoms. The number of amides is 1. The number of carbonyl (C=O) groups excluding carboxylic acids is 1. The van der Waals surface area contributed by atoms with Gasteiger partial charge in [-0.15, -0.1) is 0 Å². The lowest BCUT2D eigenvalue weighted by Gasteiger charge is -2.04. The van der Waals surface area contributed by atoms with Gasteiger partial charge < -0.3 is 5.32 Å². The predicted octanol–water partition coefficient (Wildman–Crippen LogP) is 4.05. The summed E-state index contributed by atoms with van der Waals surface area (Å²) in [5, 5.41) is 11.7. The highest BCUT2D eigenvalue weighted by Crippen LogP contribution is 2.24. The molecule has 0 atom stereocenters. The molecule has 0 saturated carbocycles. The van der Waals surface area contributed by atoms with Crippen molar-refractivity contribution in [1.29, 1.82) is 0 Å². The van der Waals surface area contributed by atoms with Crippen molar-refractivity contribution in [2.45, 2.75) is 19.9 Å². The van der Waals surface area contributed by atoms with Gasteiger partial charge in [0.05, 0.1) is 23.0 Å². The Morgan fingerprint density at radius 2 is 1.89 bits per heavy atom. The summed E-state index contributed by atoms with van der Waals surface area (Å²) >= 11 is 0. The standard InChI is InChI=1S/C20H17F2N5O/c1-13-6-2-4-8-16(13)26-11-14(10-23-26)20(28)24-19-15-7-3-5-9-17(15)27(25-19)12-18(21)22/h2-11,18H,12H2,1H3,(H,24,25,28).